The van der Waals surface area contributed by atoms with Gasteiger partial charge in [0.25, 0.3) is 0 Å². The van der Waals surface area contributed by atoms with Gasteiger partial charge in [-0.3, -0.25) is 4.68 Å². The number of nitrogens with zero attached hydrogens (tertiary/aromatic N) is 4. The Kier molecular flexibility index (Phi) is 5.18. The molecule has 0 spiro atoms. The van der Waals surface area contributed by atoms with Crippen LogP contribution in [0.2, 0.25) is 0 Å². The van der Waals surface area contributed by atoms with Gasteiger partial charge < -0.3 is 5.32 Å². The Morgan fingerprint density at radius 3 is 2.59 bits per heavy atom. The summed E-state index contributed by atoms with van der Waals surface area (Å²) in [6.07, 6.45) is 6.01. The van der Waals surface area contributed by atoms with E-state index in [2.05, 4.69) is 42.6 Å². The molecule has 164 valence electrons. The maximum atomic E-state index is 13.4. The number of aryl methyl sites for hydroxylation is 1. The molecule has 0 bridgehead atoms. The Morgan fingerprint density at radius 2 is 1.84 bits per heavy atom. The number of hydrogen-bond donors (Lipinski definition) is 1. The Hall–Kier alpha value is -3.25. The summed E-state index contributed by atoms with van der Waals surface area (Å²) in [6, 6.07) is 17.0. The highest BCUT2D eigenvalue weighted by Crippen LogP contribution is 2.41. The third-order valence-electron chi connectivity index (χ3n) is 6.24. The third kappa shape index (κ3) is 3.98. The Bertz CT molecular complexity index is 1220. The number of benzene rings is 2. The predicted molar refractivity (Wildman–Crippen MR) is 124 cm³/mol. The molecule has 0 saturated heterocycles. The summed E-state index contributed by atoms with van der Waals surface area (Å²) in [5, 5.41) is 13.2. The molecular formula is C26H28FN5. The van der Waals surface area contributed by atoms with Crippen LogP contribution >= 0.6 is 0 Å². The summed E-state index contributed by atoms with van der Waals surface area (Å²) in [7, 11) is 1.96. The molecule has 2 heterocycles. The van der Waals surface area contributed by atoms with Crippen molar-refractivity contribution in [1.82, 2.24) is 24.9 Å². The molecule has 0 saturated carbocycles. The van der Waals surface area contributed by atoms with Gasteiger partial charge in [-0.05, 0) is 42.5 Å². The van der Waals surface area contributed by atoms with Crippen molar-refractivity contribution in [2.75, 3.05) is 0 Å². The van der Waals surface area contributed by atoms with Crippen LogP contribution in [0.15, 0.2) is 67.0 Å². The van der Waals surface area contributed by atoms with Gasteiger partial charge in [0.1, 0.15) is 5.82 Å². The van der Waals surface area contributed by atoms with E-state index >= 15 is 0 Å². The first-order valence-corrected chi connectivity index (χ1v) is 11.0. The first-order chi connectivity index (χ1) is 15.4. The lowest BCUT2D eigenvalue weighted by Gasteiger charge is -2.36. The van der Waals surface area contributed by atoms with Crippen LogP contribution in [0.4, 0.5) is 4.39 Å². The quantitative estimate of drug-likeness (QED) is 0.473. The van der Waals surface area contributed by atoms with Gasteiger partial charge in [-0.1, -0.05) is 44.2 Å². The minimum Gasteiger partial charge on any atom is -0.306 e. The van der Waals surface area contributed by atoms with Crippen LogP contribution in [0.1, 0.15) is 43.1 Å². The van der Waals surface area contributed by atoms with Crippen LogP contribution in [0.5, 0.6) is 0 Å². The smallest absolute Gasteiger partial charge is 0.123 e. The second-order valence-electron chi connectivity index (χ2n) is 9.46. The largest absolute Gasteiger partial charge is 0.306 e. The van der Waals surface area contributed by atoms with Crippen molar-refractivity contribution in [3.63, 3.8) is 0 Å². The lowest BCUT2D eigenvalue weighted by Crippen LogP contribution is -2.33. The van der Waals surface area contributed by atoms with Crippen molar-refractivity contribution < 1.29 is 4.39 Å². The molecule has 2 aromatic heterocycles. The summed E-state index contributed by atoms with van der Waals surface area (Å²) in [4.78, 5) is 0. The Labute approximate surface area is 187 Å². The lowest BCUT2D eigenvalue weighted by atomic mass is 9.74. The van der Waals surface area contributed by atoms with Crippen molar-refractivity contribution in [3.05, 3.63) is 89.6 Å². The van der Waals surface area contributed by atoms with E-state index in [1.165, 1.54) is 29.0 Å². The first-order valence-electron chi connectivity index (χ1n) is 11.0. The van der Waals surface area contributed by atoms with Crippen LogP contribution in [0, 0.1) is 11.2 Å². The molecule has 0 radical (unpaired) electrons. The van der Waals surface area contributed by atoms with Crippen molar-refractivity contribution in [1.29, 1.82) is 0 Å². The zero-order valence-corrected chi connectivity index (χ0v) is 18.7. The van der Waals surface area contributed by atoms with Crippen LogP contribution < -0.4 is 5.32 Å². The molecule has 0 unspecified atom stereocenters. The molecule has 4 aromatic rings. The zero-order valence-electron chi connectivity index (χ0n) is 18.7. The van der Waals surface area contributed by atoms with Crippen molar-refractivity contribution >= 4 is 0 Å². The predicted octanol–water partition coefficient (Wildman–Crippen LogP) is 5.22. The minimum atomic E-state index is -0.236. The van der Waals surface area contributed by atoms with E-state index in [1.54, 1.807) is 12.1 Å². The van der Waals surface area contributed by atoms with Gasteiger partial charge in [0.05, 0.1) is 17.6 Å². The maximum Gasteiger partial charge on any atom is 0.123 e. The molecule has 5 nitrogen and oxygen atoms in total. The van der Waals surface area contributed by atoms with Gasteiger partial charge in [-0.2, -0.15) is 10.2 Å². The summed E-state index contributed by atoms with van der Waals surface area (Å²) >= 11 is 0. The van der Waals surface area contributed by atoms with E-state index in [1.807, 2.05) is 40.8 Å². The lowest BCUT2D eigenvalue weighted by molar-refractivity contribution is 0.253. The topological polar surface area (TPSA) is 47.7 Å². The Morgan fingerprint density at radius 1 is 1.09 bits per heavy atom. The summed E-state index contributed by atoms with van der Waals surface area (Å²) < 4.78 is 17.3. The molecular weight excluding hydrogens is 401 g/mol. The standard InChI is InChI=1S/C26H28FN5/c1-26(2)13-23(22-16-29-32(24(22)14-26)21-11-9-20(27)10-12-21)28-15-19-17-31(3)30-25(19)18-7-5-4-6-8-18/h4-12,16-17,23,28H,13-15H2,1-3H3/t23-/m1/s1. The van der Waals surface area contributed by atoms with Gasteiger partial charge >= 0.3 is 0 Å². The average Bonchev–Trinajstić information content (AvgIpc) is 3.36. The molecule has 5 rings (SSSR count). The second-order valence-corrected chi connectivity index (χ2v) is 9.46. The minimum absolute atomic E-state index is 0.125. The molecule has 2 aromatic carbocycles. The van der Waals surface area contributed by atoms with Gasteiger partial charge in [0, 0.05) is 48.2 Å². The number of rotatable bonds is 5. The molecule has 0 fully saturated rings. The maximum absolute atomic E-state index is 13.4. The SMILES string of the molecule is Cn1cc(CN[C@@H]2CC(C)(C)Cc3c2cnn3-c2ccc(F)cc2)c(-c2ccccc2)n1. The number of fused-ring (bicyclic) bond motifs is 1. The number of nitrogens with one attached hydrogen (secondary N) is 1. The highest BCUT2D eigenvalue weighted by molar-refractivity contribution is 5.62. The van der Waals surface area contributed by atoms with Crippen LogP contribution in [0.3, 0.4) is 0 Å². The van der Waals surface area contributed by atoms with Gasteiger partial charge in [-0.15, -0.1) is 0 Å². The molecule has 0 aliphatic heterocycles. The molecule has 1 atom stereocenters. The molecule has 1 N–H and O–H groups in total. The second kappa shape index (κ2) is 8.02. The van der Waals surface area contributed by atoms with Crippen LogP contribution in [-0.2, 0) is 20.0 Å². The molecule has 1 aliphatic rings. The number of hydrogen-bond acceptors (Lipinski definition) is 3. The summed E-state index contributed by atoms with van der Waals surface area (Å²) in [5.74, 6) is -0.236. The van der Waals surface area contributed by atoms with Gasteiger partial charge in [0.2, 0.25) is 0 Å². The van der Waals surface area contributed by atoms with E-state index in [0.29, 0.717) is 0 Å². The molecule has 6 heteroatoms. The molecule has 32 heavy (non-hydrogen) atoms. The summed E-state index contributed by atoms with van der Waals surface area (Å²) in [6.45, 7) is 5.32. The normalized spacial score (nSPS) is 17.3. The fourth-order valence-electron chi connectivity index (χ4n) is 4.77. The van der Waals surface area contributed by atoms with Crippen LogP contribution in [-0.4, -0.2) is 19.6 Å². The average molecular weight is 430 g/mol. The van der Waals surface area contributed by atoms with E-state index in [9.17, 15) is 4.39 Å². The van der Waals surface area contributed by atoms with E-state index in [-0.39, 0.29) is 17.3 Å². The highest BCUT2D eigenvalue weighted by atomic mass is 19.1. The highest BCUT2D eigenvalue weighted by Gasteiger charge is 2.35. The molecule has 1 aliphatic carbocycles. The van der Waals surface area contributed by atoms with E-state index in [0.717, 1.165) is 36.3 Å². The van der Waals surface area contributed by atoms with E-state index < -0.39 is 0 Å². The number of halogens is 1. The van der Waals surface area contributed by atoms with Crippen molar-refractivity contribution in [2.45, 2.75) is 39.3 Å². The van der Waals surface area contributed by atoms with Crippen molar-refractivity contribution in [3.8, 4) is 16.9 Å². The zero-order chi connectivity index (χ0) is 22.3. The fourth-order valence-corrected chi connectivity index (χ4v) is 4.77. The van der Waals surface area contributed by atoms with Gasteiger partial charge in [0.15, 0.2) is 0 Å². The fraction of sp³-hybridized carbons (Fsp3) is 0.308. The monoisotopic (exact) mass is 429 g/mol. The van der Waals surface area contributed by atoms with Crippen molar-refractivity contribution in [2.24, 2.45) is 12.5 Å². The number of aromatic nitrogens is 4. The first kappa shape index (κ1) is 20.6. The Balaban J connectivity index is 1.44. The molecule has 0 amide bonds. The van der Waals surface area contributed by atoms with Crippen LogP contribution in [0.25, 0.3) is 16.9 Å². The summed E-state index contributed by atoms with van der Waals surface area (Å²) in [5.41, 5.74) is 6.74. The third-order valence-corrected chi connectivity index (χ3v) is 6.24. The van der Waals surface area contributed by atoms with E-state index in [4.69, 9.17) is 5.10 Å². The van der Waals surface area contributed by atoms with Gasteiger partial charge in [-0.25, -0.2) is 9.07 Å².